The highest BCUT2D eigenvalue weighted by Gasteiger charge is 2.29. The van der Waals surface area contributed by atoms with E-state index in [9.17, 15) is 5.11 Å². The number of hydrogen-bond donors (Lipinski definition) is 1. The molecule has 0 saturated carbocycles. The van der Waals surface area contributed by atoms with Crippen LogP contribution in [0.3, 0.4) is 0 Å². The van der Waals surface area contributed by atoms with Gasteiger partial charge in [0.05, 0.1) is 11.1 Å². The van der Waals surface area contributed by atoms with E-state index >= 15 is 0 Å². The van der Waals surface area contributed by atoms with Crippen LogP contribution in [0.15, 0.2) is 85.5 Å². The van der Waals surface area contributed by atoms with E-state index < -0.39 is 0 Å². The summed E-state index contributed by atoms with van der Waals surface area (Å²) in [6.45, 7) is 12.3. The first-order valence-electron chi connectivity index (χ1n) is 10.6. The highest BCUT2D eigenvalue weighted by Crippen LogP contribution is 2.27. The van der Waals surface area contributed by atoms with Gasteiger partial charge in [0.1, 0.15) is 6.04 Å². The SMILES string of the molecule is C=C/C=C(\C=C/C)c1ccc([O][Al][CH](C)C(C)[n+]2c(C)ccc3cccc(O)c32)cc1. The van der Waals surface area contributed by atoms with E-state index in [0.717, 1.165) is 33.5 Å². The number of aromatic nitrogens is 1. The number of allylic oxidation sites excluding steroid dienone is 5. The number of rotatable bonds is 8. The summed E-state index contributed by atoms with van der Waals surface area (Å²) in [7, 11) is 0. The van der Waals surface area contributed by atoms with Gasteiger partial charge in [-0.2, -0.15) is 4.57 Å². The van der Waals surface area contributed by atoms with Gasteiger partial charge in [0, 0.05) is 17.8 Å². The Kier molecular flexibility index (Phi) is 7.74. The molecule has 31 heavy (non-hydrogen) atoms. The lowest BCUT2D eigenvalue weighted by Gasteiger charge is -2.18. The molecule has 3 aromatic rings. The molecule has 0 saturated heterocycles. The van der Waals surface area contributed by atoms with Crippen LogP contribution < -0.4 is 8.36 Å². The van der Waals surface area contributed by atoms with Crippen molar-refractivity contribution in [2.45, 2.75) is 38.5 Å². The van der Waals surface area contributed by atoms with Crippen LogP contribution in [0.2, 0.25) is 4.78 Å². The van der Waals surface area contributed by atoms with Crippen molar-refractivity contribution < 1.29 is 13.5 Å². The summed E-state index contributed by atoms with van der Waals surface area (Å²) in [5.41, 5.74) is 4.28. The summed E-state index contributed by atoms with van der Waals surface area (Å²) in [6, 6.07) is 18.3. The van der Waals surface area contributed by atoms with Crippen LogP contribution in [-0.4, -0.2) is 20.7 Å². The molecule has 2 unspecified atom stereocenters. The number of para-hydroxylation sites is 1. The monoisotopic (exact) mass is 427 g/mol. The van der Waals surface area contributed by atoms with E-state index in [4.69, 9.17) is 3.79 Å². The van der Waals surface area contributed by atoms with Crippen LogP contribution in [0.4, 0.5) is 0 Å². The second-order valence-corrected chi connectivity index (χ2v) is 9.35. The fourth-order valence-corrected chi connectivity index (χ4v) is 4.68. The third kappa shape index (κ3) is 5.28. The number of nitrogens with zero attached hydrogens (tertiary/aromatic N) is 1. The molecule has 1 radical (unpaired) electrons. The van der Waals surface area contributed by atoms with Crippen molar-refractivity contribution in [1.29, 1.82) is 0 Å². The minimum absolute atomic E-state index is 0.197. The van der Waals surface area contributed by atoms with Gasteiger partial charge in [-0.05, 0) is 55.3 Å². The fraction of sp³-hybridized carbons (Fsp3) is 0.222. The number of fused-ring (bicyclic) bond motifs is 1. The highest BCUT2D eigenvalue weighted by atomic mass is 27.1. The molecule has 0 bridgehead atoms. The number of aryl methyl sites for hydroxylation is 1. The van der Waals surface area contributed by atoms with Crippen molar-refractivity contribution in [3.8, 4) is 11.5 Å². The molecule has 2 aromatic carbocycles. The van der Waals surface area contributed by atoms with Gasteiger partial charge < -0.3 is 8.90 Å². The van der Waals surface area contributed by atoms with Crippen LogP contribution in [0.1, 0.15) is 38.1 Å². The van der Waals surface area contributed by atoms with Crippen LogP contribution in [0.25, 0.3) is 16.5 Å². The van der Waals surface area contributed by atoms with E-state index in [0.29, 0.717) is 10.5 Å². The number of aromatic hydroxyl groups is 1. The lowest BCUT2D eigenvalue weighted by molar-refractivity contribution is -0.700. The quantitative estimate of drug-likeness (QED) is 0.258. The largest absolute Gasteiger partial charge is 0.648 e. The average Bonchev–Trinajstić information content (AvgIpc) is 2.77. The smallest absolute Gasteiger partial charge is 0.533 e. The Morgan fingerprint density at radius 1 is 1.10 bits per heavy atom. The maximum atomic E-state index is 10.5. The molecule has 2 atom stereocenters. The first-order valence-corrected chi connectivity index (χ1v) is 11.8. The van der Waals surface area contributed by atoms with E-state index in [2.05, 4.69) is 62.3 Å². The standard InChI is InChI=1S/C14H16NO.C13H14O.Al/c1-4-10(2)15-11(3)8-9-12-6-5-7-13(16)14(12)15;1-3-5-11(6-4-2)12-7-9-13(14)10-8-12;/h4-10H,1-3H3;3-10,14H,1H2,2H3;/q;;+1/b;6-4-,11-5+;. The second kappa shape index (κ2) is 10.5. The number of pyridine rings is 1. The van der Waals surface area contributed by atoms with E-state index in [-0.39, 0.29) is 21.6 Å². The summed E-state index contributed by atoms with van der Waals surface area (Å²) in [4.78, 5) is 0. The van der Waals surface area contributed by atoms with Gasteiger partial charge in [-0.3, -0.25) is 0 Å². The Morgan fingerprint density at radius 3 is 2.52 bits per heavy atom. The summed E-state index contributed by atoms with van der Waals surface area (Å²) in [6.07, 6.45) is 7.91. The lowest BCUT2D eigenvalue weighted by atomic mass is 10.1. The molecule has 0 aliphatic carbocycles. The summed E-state index contributed by atoms with van der Waals surface area (Å²) in [5.74, 6) is 1.20. The molecule has 1 heterocycles. The first-order chi connectivity index (χ1) is 15.0. The maximum Gasteiger partial charge on any atom is 0.533 e. The maximum absolute atomic E-state index is 10.5. The molecule has 1 aromatic heterocycles. The topological polar surface area (TPSA) is 33.3 Å². The zero-order valence-electron chi connectivity index (χ0n) is 18.7. The number of phenolic OH excluding ortho intramolecular Hbond substituents is 1. The van der Waals surface area contributed by atoms with Crippen molar-refractivity contribution in [3.63, 3.8) is 0 Å². The number of benzene rings is 2. The Labute approximate surface area is 192 Å². The van der Waals surface area contributed by atoms with Crippen LogP contribution in [0, 0.1) is 6.92 Å². The molecule has 157 valence electrons. The summed E-state index contributed by atoms with van der Waals surface area (Å²) in [5, 5.41) is 11.5. The minimum atomic E-state index is -0.274. The van der Waals surface area contributed by atoms with Crippen molar-refractivity contribution in [1.82, 2.24) is 0 Å². The molecule has 0 spiro atoms. The second-order valence-electron chi connectivity index (χ2n) is 7.80. The van der Waals surface area contributed by atoms with Gasteiger partial charge in [0.15, 0.2) is 11.4 Å². The van der Waals surface area contributed by atoms with Crippen molar-refractivity contribution in [3.05, 3.63) is 96.7 Å². The lowest BCUT2D eigenvalue weighted by Crippen LogP contribution is -2.44. The number of phenols is 1. The van der Waals surface area contributed by atoms with E-state index in [1.165, 1.54) is 0 Å². The molecule has 0 aliphatic rings. The van der Waals surface area contributed by atoms with Crippen molar-refractivity contribution in [2.75, 3.05) is 0 Å². The zero-order valence-corrected chi connectivity index (χ0v) is 19.9. The Morgan fingerprint density at radius 2 is 1.84 bits per heavy atom. The van der Waals surface area contributed by atoms with E-state index in [1.54, 1.807) is 12.1 Å². The Balaban J connectivity index is 1.75. The fourth-order valence-electron chi connectivity index (χ4n) is 3.75. The van der Waals surface area contributed by atoms with Gasteiger partial charge in [-0.1, -0.05) is 56.0 Å². The molecule has 4 heteroatoms. The van der Waals surface area contributed by atoms with Gasteiger partial charge in [0.25, 0.3) is 5.52 Å². The van der Waals surface area contributed by atoms with Crippen molar-refractivity contribution in [2.24, 2.45) is 0 Å². The van der Waals surface area contributed by atoms with Crippen LogP contribution in [0.5, 0.6) is 11.5 Å². The number of hydrogen-bond acceptors (Lipinski definition) is 2. The molecular weight excluding hydrogens is 397 g/mol. The molecule has 3 nitrogen and oxygen atoms in total. The predicted molar refractivity (Wildman–Crippen MR) is 130 cm³/mol. The minimum Gasteiger partial charge on any atom is -0.648 e. The van der Waals surface area contributed by atoms with Gasteiger partial charge >= 0.3 is 15.6 Å². The van der Waals surface area contributed by atoms with Gasteiger partial charge in [-0.15, -0.1) is 0 Å². The highest BCUT2D eigenvalue weighted by molar-refractivity contribution is 6.30. The Hall–Kier alpha value is -2.80. The third-order valence-electron chi connectivity index (χ3n) is 5.59. The summed E-state index contributed by atoms with van der Waals surface area (Å²) < 4.78 is 8.76. The normalized spacial score (nSPS) is 13.9. The van der Waals surface area contributed by atoms with Crippen LogP contribution >= 0.6 is 0 Å². The predicted octanol–water partition coefficient (Wildman–Crippen LogP) is 6.35. The van der Waals surface area contributed by atoms with Gasteiger partial charge in [0.2, 0.25) is 0 Å². The van der Waals surface area contributed by atoms with Gasteiger partial charge in [-0.25, -0.2) is 0 Å². The average molecular weight is 428 g/mol. The molecule has 0 amide bonds. The Bertz CT molecular complexity index is 1120. The molecule has 0 fully saturated rings. The molecule has 1 N–H and O–H groups in total. The first kappa shape index (κ1) is 22.9. The zero-order chi connectivity index (χ0) is 22.4. The summed E-state index contributed by atoms with van der Waals surface area (Å²) >= 11 is -0.274. The third-order valence-corrected chi connectivity index (χ3v) is 6.98. The van der Waals surface area contributed by atoms with E-state index in [1.807, 2.05) is 43.3 Å². The molecule has 0 aliphatic heterocycles. The molecule has 3 rings (SSSR count). The molecular formula is C27H30AlNO2+. The van der Waals surface area contributed by atoms with Crippen LogP contribution in [-0.2, 0) is 0 Å². The van der Waals surface area contributed by atoms with Crippen molar-refractivity contribution >= 4 is 32.0 Å².